The molecular weight excluding hydrogens is 260 g/mol. The molecule has 1 aromatic heterocycles. The molecule has 0 fully saturated rings. The highest BCUT2D eigenvalue weighted by molar-refractivity contribution is 6.01. The predicted octanol–water partition coefficient (Wildman–Crippen LogP) is 4.17. The molecular formula is C18H20N2O. The average Bonchev–Trinajstić information content (AvgIpc) is 2.45. The van der Waals surface area contributed by atoms with Crippen molar-refractivity contribution in [1.29, 1.82) is 0 Å². The van der Waals surface area contributed by atoms with E-state index >= 15 is 0 Å². The fraction of sp³-hybridized carbons (Fsp3) is 0.222. The molecule has 0 saturated heterocycles. The van der Waals surface area contributed by atoms with Gasteiger partial charge in [-0.05, 0) is 42.2 Å². The summed E-state index contributed by atoms with van der Waals surface area (Å²) in [5.74, 6) is 0.902. The molecule has 3 nitrogen and oxygen atoms in total. The van der Waals surface area contributed by atoms with Crippen molar-refractivity contribution in [3.63, 3.8) is 0 Å². The summed E-state index contributed by atoms with van der Waals surface area (Å²) in [6, 6.07) is 13.7. The van der Waals surface area contributed by atoms with Crippen molar-refractivity contribution in [3.05, 3.63) is 65.4 Å². The zero-order valence-electron chi connectivity index (χ0n) is 12.6. The van der Waals surface area contributed by atoms with E-state index in [0.717, 1.165) is 11.3 Å². The first kappa shape index (κ1) is 15.0. The molecule has 0 aliphatic rings. The number of anilines is 1. The topological polar surface area (TPSA) is 42.0 Å². The van der Waals surface area contributed by atoms with E-state index in [2.05, 4.69) is 36.3 Å². The Labute approximate surface area is 125 Å². The minimum atomic E-state index is -0.180. The van der Waals surface area contributed by atoms with Gasteiger partial charge in [0.25, 0.3) is 0 Å². The monoisotopic (exact) mass is 280 g/mol. The predicted molar refractivity (Wildman–Crippen MR) is 87.2 cm³/mol. The summed E-state index contributed by atoms with van der Waals surface area (Å²) in [5.41, 5.74) is 3.17. The highest BCUT2D eigenvalue weighted by atomic mass is 16.1. The van der Waals surface area contributed by atoms with E-state index in [4.69, 9.17) is 0 Å². The fourth-order valence-electron chi connectivity index (χ4n) is 1.94. The second-order valence-electron chi connectivity index (χ2n) is 5.31. The lowest BCUT2D eigenvalue weighted by molar-refractivity contribution is -0.111. The summed E-state index contributed by atoms with van der Waals surface area (Å²) in [6.45, 7) is 6.21. The molecule has 0 saturated carbocycles. The van der Waals surface area contributed by atoms with Gasteiger partial charge in [0, 0.05) is 11.8 Å². The van der Waals surface area contributed by atoms with Gasteiger partial charge in [-0.3, -0.25) is 4.79 Å². The second kappa shape index (κ2) is 6.84. The summed E-state index contributed by atoms with van der Waals surface area (Å²) in [6.07, 6.45) is 3.32. The standard InChI is InChI=1S/C18H20N2O/c1-13(2)16-10-7-15(8-11-16)9-12-18(21)20-17-6-4-5-14(3)19-17/h4-13H,1-3H3,(H,19,20,21). The van der Waals surface area contributed by atoms with Crippen molar-refractivity contribution in [3.8, 4) is 0 Å². The maximum absolute atomic E-state index is 11.8. The van der Waals surface area contributed by atoms with Crippen LogP contribution < -0.4 is 5.32 Å². The minimum Gasteiger partial charge on any atom is -0.307 e. The zero-order chi connectivity index (χ0) is 15.2. The number of pyridine rings is 1. The van der Waals surface area contributed by atoms with Gasteiger partial charge < -0.3 is 5.32 Å². The van der Waals surface area contributed by atoms with Gasteiger partial charge in [0.05, 0.1) is 0 Å². The van der Waals surface area contributed by atoms with E-state index in [0.29, 0.717) is 11.7 Å². The normalized spacial score (nSPS) is 11.0. The number of benzene rings is 1. The number of nitrogens with zero attached hydrogens (tertiary/aromatic N) is 1. The summed E-state index contributed by atoms with van der Waals surface area (Å²) in [7, 11) is 0. The molecule has 0 bridgehead atoms. The van der Waals surface area contributed by atoms with E-state index in [9.17, 15) is 4.79 Å². The van der Waals surface area contributed by atoms with Gasteiger partial charge in [-0.1, -0.05) is 44.2 Å². The van der Waals surface area contributed by atoms with Gasteiger partial charge in [0.15, 0.2) is 0 Å². The Morgan fingerprint density at radius 1 is 1.14 bits per heavy atom. The minimum absolute atomic E-state index is 0.180. The number of rotatable bonds is 4. The third kappa shape index (κ3) is 4.56. The van der Waals surface area contributed by atoms with Crippen LogP contribution in [0.15, 0.2) is 48.5 Å². The summed E-state index contributed by atoms with van der Waals surface area (Å²) in [4.78, 5) is 16.1. The van der Waals surface area contributed by atoms with Gasteiger partial charge in [-0.2, -0.15) is 0 Å². The van der Waals surface area contributed by atoms with Crippen LogP contribution >= 0.6 is 0 Å². The number of aryl methyl sites for hydroxylation is 1. The number of hydrogen-bond donors (Lipinski definition) is 1. The number of carbonyl (C=O) groups is 1. The lowest BCUT2D eigenvalue weighted by Crippen LogP contribution is -2.09. The Hall–Kier alpha value is -2.42. The van der Waals surface area contributed by atoms with Crippen molar-refractivity contribution >= 4 is 17.8 Å². The molecule has 0 aliphatic heterocycles. The third-order valence-electron chi connectivity index (χ3n) is 3.17. The van der Waals surface area contributed by atoms with Gasteiger partial charge >= 0.3 is 0 Å². The van der Waals surface area contributed by atoms with Gasteiger partial charge in [-0.15, -0.1) is 0 Å². The van der Waals surface area contributed by atoms with Crippen LogP contribution in [-0.4, -0.2) is 10.9 Å². The van der Waals surface area contributed by atoms with E-state index in [-0.39, 0.29) is 5.91 Å². The van der Waals surface area contributed by atoms with Crippen LogP contribution in [0.1, 0.15) is 36.6 Å². The molecule has 1 heterocycles. The van der Waals surface area contributed by atoms with Gasteiger partial charge in [-0.25, -0.2) is 4.98 Å². The van der Waals surface area contributed by atoms with E-state index in [1.807, 2.05) is 31.2 Å². The fourth-order valence-corrected chi connectivity index (χ4v) is 1.94. The number of amides is 1. The lowest BCUT2D eigenvalue weighted by atomic mass is 10.0. The number of carbonyl (C=O) groups excluding carboxylic acids is 1. The largest absolute Gasteiger partial charge is 0.307 e. The van der Waals surface area contributed by atoms with E-state index in [1.54, 1.807) is 12.1 Å². The van der Waals surface area contributed by atoms with Crippen molar-refractivity contribution < 1.29 is 4.79 Å². The molecule has 0 radical (unpaired) electrons. The molecule has 2 rings (SSSR count). The quantitative estimate of drug-likeness (QED) is 0.854. The first-order valence-corrected chi connectivity index (χ1v) is 7.07. The van der Waals surface area contributed by atoms with E-state index < -0.39 is 0 Å². The molecule has 1 aromatic carbocycles. The Balaban J connectivity index is 1.98. The molecule has 0 aliphatic carbocycles. The van der Waals surface area contributed by atoms with Crippen LogP contribution in [0.5, 0.6) is 0 Å². The average molecular weight is 280 g/mol. The first-order chi connectivity index (χ1) is 10.0. The van der Waals surface area contributed by atoms with Crippen molar-refractivity contribution in [2.24, 2.45) is 0 Å². The van der Waals surface area contributed by atoms with Crippen molar-refractivity contribution in [2.45, 2.75) is 26.7 Å². The Kier molecular flexibility index (Phi) is 4.88. The van der Waals surface area contributed by atoms with Crippen LogP contribution in [0, 0.1) is 6.92 Å². The van der Waals surface area contributed by atoms with Crippen LogP contribution in [0.4, 0.5) is 5.82 Å². The summed E-state index contributed by atoms with van der Waals surface area (Å²) in [5, 5.41) is 2.75. The Bertz CT molecular complexity index is 643. The Morgan fingerprint density at radius 3 is 2.48 bits per heavy atom. The van der Waals surface area contributed by atoms with Crippen LogP contribution in [-0.2, 0) is 4.79 Å². The second-order valence-corrected chi connectivity index (χ2v) is 5.31. The molecule has 21 heavy (non-hydrogen) atoms. The maximum atomic E-state index is 11.8. The number of aromatic nitrogens is 1. The van der Waals surface area contributed by atoms with Gasteiger partial charge in [0.2, 0.25) is 5.91 Å². The lowest BCUT2D eigenvalue weighted by Gasteiger charge is -2.04. The zero-order valence-corrected chi connectivity index (χ0v) is 12.6. The highest BCUT2D eigenvalue weighted by Crippen LogP contribution is 2.15. The third-order valence-corrected chi connectivity index (χ3v) is 3.17. The van der Waals surface area contributed by atoms with Crippen LogP contribution in [0.2, 0.25) is 0 Å². The van der Waals surface area contributed by atoms with E-state index in [1.165, 1.54) is 11.6 Å². The highest BCUT2D eigenvalue weighted by Gasteiger charge is 2.00. The number of hydrogen-bond acceptors (Lipinski definition) is 2. The first-order valence-electron chi connectivity index (χ1n) is 7.07. The smallest absolute Gasteiger partial charge is 0.249 e. The molecule has 3 heteroatoms. The molecule has 108 valence electrons. The molecule has 0 unspecified atom stereocenters. The van der Waals surface area contributed by atoms with Crippen molar-refractivity contribution in [1.82, 2.24) is 4.98 Å². The molecule has 1 amide bonds. The van der Waals surface area contributed by atoms with Crippen molar-refractivity contribution in [2.75, 3.05) is 5.32 Å². The molecule has 0 atom stereocenters. The summed E-state index contributed by atoms with van der Waals surface area (Å²) < 4.78 is 0. The molecule has 0 spiro atoms. The van der Waals surface area contributed by atoms with Crippen LogP contribution in [0.3, 0.4) is 0 Å². The number of nitrogens with one attached hydrogen (secondary N) is 1. The SMILES string of the molecule is Cc1cccc(NC(=O)C=Cc2ccc(C(C)C)cc2)n1. The maximum Gasteiger partial charge on any atom is 0.249 e. The van der Waals surface area contributed by atoms with Crippen LogP contribution in [0.25, 0.3) is 6.08 Å². The summed E-state index contributed by atoms with van der Waals surface area (Å²) >= 11 is 0. The Morgan fingerprint density at radius 2 is 1.86 bits per heavy atom. The molecule has 2 aromatic rings. The van der Waals surface area contributed by atoms with Gasteiger partial charge in [0.1, 0.15) is 5.82 Å². The molecule has 1 N–H and O–H groups in total.